The first-order chi connectivity index (χ1) is 23.7. The third-order valence-electron chi connectivity index (χ3n) is 7.95. The summed E-state index contributed by atoms with van der Waals surface area (Å²) in [6.07, 6.45) is 0. The molecule has 0 saturated heterocycles. The minimum atomic E-state index is 0. The van der Waals surface area contributed by atoms with E-state index in [0.717, 1.165) is 45.0 Å². The maximum absolute atomic E-state index is 10.1. The third kappa shape index (κ3) is 7.24. The number of phenols is 2. The van der Waals surface area contributed by atoms with Crippen molar-refractivity contribution in [2.45, 2.75) is 0 Å². The Morgan fingerprint density at radius 3 is 0.959 bits per heavy atom. The molecule has 0 amide bonds. The van der Waals surface area contributed by atoms with Crippen molar-refractivity contribution in [3.05, 3.63) is 170 Å². The summed E-state index contributed by atoms with van der Waals surface area (Å²) in [7, 11) is 0. The topological polar surface area (TPSA) is 97.8 Å². The van der Waals surface area contributed by atoms with Gasteiger partial charge in [-0.2, -0.15) is 0 Å². The Bertz CT molecular complexity index is 1970. The number of benzene rings is 6. The Kier molecular flexibility index (Phi) is 10.2. The van der Waals surface area contributed by atoms with Gasteiger partial charge in [0.15, 0.2) is 0 Å². The molecule has 49 heavy (non-hydrogen) atoms. The van der Waals surface area contributed by atoms with E-state index >= 15 is 0 Å². The molecule has 0 atom stereocenters. The minimum absolute atomic E-state index is 0. The number of hydrogen-bond acceptors (Lipinski definition) is 4. The first kappa shape index (κ1) is 32.8. The Balaban J connectivity index is 0.000000167. The zero-order valence-corrected chi connectivity index (χ0v) is 27.2. The van der Waals surface area contributed by atoms with Crippen LogP contribution < -0.4 is 0 Å². The van der Waals surface area contributed by atoms with Gasteiger partial charge in [0.25, 0.3) is 0 Å². The van der Waals surface area contributed by atoms with E-state index in [4.69, 9.17) is 9.97 Å². The maximum Gasteiger partial charge on any atom is 0.142 e. The second-order valence-corrected chi connectivity index (χ2v) is 11.1. The molecule has 2 heterocycles. The Morgan fingerprint density at radius 1 is 0.347 bits per heavy atom. The third-order valence-corrected chi connectivity index (χ3v) is 7.95. The predicted octanol–water partition coefficient (Wildman–Crippen LogP) is 10.2. The molecule has 6 nitrogen and oxygen atoms in total. The van der Waals surface area contributed by atoms with E-state index < -0.39 is 0 Å². The molecule has 1 radical (unpaired) electrons. The number of nitrogens with one attached hydrogen (secondary N) is 2. The van der Waals surface area contributed by atoms with Gasteiger partial charge in [-0.15, -0.1) is 0 Å². The van der Waals surface area contributed by atoms with E-state index in [0.29, 0.717) is 22.8 Å². The Hall–Kier alpha value is -6.14. The van der Waals surface area contributed by atoms with Gasteiger partial charge in [0.2, 0.25) is 0 Å². The zero-order valence-electron chi connectivity index (χ0n) is 26.3. The van der Waals surface area contributed by atoms with Gasteiger partial charge in [-0.05, 0) is 24.3 Å². The molecule has 0 aliphatic rings. The van der Waals surface area contributed by atoms with Crippen LogP contribution in [0, 0.1) is 0 Å². The largest absolute Gasteiger partial charge is 0.507 e. The van der Waals surface area contributed by atoms with E-state index in [1.165, 1.54) is 0 Å². The van der Waals surface area contributed by atoms with Crippen LogP contribution in [-0.2, 0) is 17.1 Å². The van der Waals surface area contributed by atoms with Gasteiger partial charge >= 0.3 is 0 Å². The van der Waals surface area contributed by atoms with Crippen LogP contribution in [0.2, 0.25) is 0 Å². The fourth-order valence-electron chi connectivity index (χ4n) is 5.59. The molecule has 6 aromatic carbocycles. The standard InChI is InChI=1S/2C21H16N2O.Cu/c2*24-18-14-8-7-13-17(18)21-22-19(15-9-3-1-4-10-15)20(23-21)16-11-5-2-6-12-16;/h2*1-14,24H,(H,22,23);. The number of nitrogens with zero attached hydrogens (tertiary/aromatic N) is 2. The first-order valence-corrected chi connectivity index (χ1v) is 15.6. The SMILES string of the molecule is Oc1ccccc1-c1nc(-c2ccccc2)c(-c2ccccc2)[nH]1.Oc1ccccc1-c1nc(-c2ccccc2)c(-c2ccccc2)[nH]1.[Cu]. The summed E-state index contributed by atoms with van der Waals surface area (Å²) in [6, 6.07) is 54.8. The minimum Gasteiger partial charge on any atom is -0.507 e. The molecular weight excluding hydrogens is 656 g/mol. The Labute approximate surface area is 295 Å². The number of aromatic nitrogens is 4. The van der Waals surface area contributed by atoms with Crippen molar-refractivity contribution in [2.75, 3.05) is 0 Å². The number of phenolic OH excluding ortho intramolecular Hbond substituents is 2. The molecular formula is C42H32CuN4O2. The maximum atomic E-state index is 10.1. The number of imidazole rings is 2. The van der Waals surface area contributed by atoms with Crippen LogP contribution in [0.1, 0.15) is 0 Å². The van der Waals surface area contributed by atoms with Crippen LogP contribution in [0.3, 0.4) is 0 Å². The molecule has 0 aliphatic heterocycles. The van der Waals surface area contributed by atoms with Gasteiger partial charge in [-0.25, -0.2) is 9.97 Å². The van der Waals surface area contributed by atoms with E-state index in [2.05, 4.69) is 34.2 Å². The van der Waals surface area contributed by atoms with E-state index in [1.54, 1.807) is 24.3 Å². The van der Waals surface area contributed by atoms with Crippen LogP contribution in [0.5, 0.6) is 11.5 Å². The average molecular weight is 688 g/mol. The molecule has 0 spiro atoms. The van der Waals surface area contributed by atoms with E-state index in [9.17, 15) is 10.2 Å². The molecule has 0 saturated carbocycles. The average Bonchev–Trinajstić information content (AvgIpc) is 3.80. The summed E-state index contributed by atoms with van der Waals surface area (Å²) < 4.78 is 0. The van der Waals surface area contributed by atoms with E-state index in [-0.39, 0.29) is 28.6 Å². The van der Waals surface area contributed by atoms with Crippen molar-refractivity contribution in [1.82, 2.24) is 19.9 Å². The second kappa shape index (κ2) is 15.2. The van der Waals surface area contributed by atoms with Gasteiger partial charge in [-0.3, -0.25) is 0 Å². The fraction of sp³-hybridized carbons (Fsp3) is 0. The number of H-pyrrole nitrogens is 2. The van der Waals surface area contributed by atoms with Crippen molar-refractivity contribution in [3.8, 4) is 79.3 Å². The van der Waals surface area contributed by atoms with Crippen molar-refractivity contribution in [1.29, 1.82) is 0 Å². The van der Waals surface area contributed by atoms with E-state index in [1.807, 2.05) is 121 Å². The van der Waals surface area contributed by atoms with Gasteiger partial charge in [0.05, 0.1) is 33.9 Å². The van der Waals surface area contributed by atoms with Crippen molar-refractivity contribution < 1.29 is 27.3 Å². The molecule has 8 aromatic rings. The molecule has 0 fully saturated rings. The number of hydrogen-bond donors (Lipinski definition) is 4. The number of aromatic amines is 2. The summed E-state index contributed by atoms with van der Waals surface area (Å²) in [5, 5.41) is 20.3. The quantitative estimate of drug-likeness (QED) is 0.131. The summed E-state index contributed by atoms with van der Waals surface area (Å²) >= 11 is 0. The molecule has 243 valence electrons. The van der Waals surface area contributed by atoms with Crippen molar-refractivity contribution >= 4 is 0 Å². The van der Waals surface area contributed by atoms with Gasteiger partial charge < -0.3 is 20.2 Å². The number of rotatable bonds is 6. The molecule has 2 aromatic heterocycles. The summed E-state index contributed by atoms with van der Waals surface area (Å²) in [5.41, 5.74) is 9.22. The van der Waals surface area contributed by atoms with Crippen LogP contribution in [0.4, 0.5) is 0 Å². The van der Waals surface area contributed by atoms with Crippen molar-refractivity contribution in [3.63, 3.8) is 0 Å². The monoisotopic (exact) mass is 687 g/mol. The molecule has 0 aliphatic carbocycles. The van der Waals surface area contributed by atoms with Crippen molar-refractivity contribution in [2.24, 2.45) is 0 Å². The predicted molar refractivity (Wildman–Crippen MR) is 193 cm³/mol. The van der Waals surface area contributed by atoms with Gasteiger partial charge in [0.1, 0.15) is 23.1 Å². The number of para-hydroxylation sites is 2. The summed E-state index contributed by atoms with van der Waals surface area (Å²) in [6.45, 7) is 0. The number of aromatic hydroxyl groups is 2. The smallest absolute Gasteiger partial charge is 0.142 e. The Morgan fingerprint density at radius 2 is 0.633 bits per heavy atom. The second-order valence-electron chi connectivity index (χ2n) is 11.1. The summed E-state index contributed by atoms with van der Waals surface area (Å²) in [4.78, 5) is 16.3. The normalized spacial score (nSPS) is 10.4. The zero-order chi connectivity index (χ0) is 32.7. The fourth-order valence-corrected chi connectivity index (χ4v) is 5.59. The molecule has 7 heteroatoms. The van der Waals surface area contributed by atoms with Crippen LogP contribution in [0.15, 0.2) is 170 Å². The van der Waals surface area contributed by atoms with Crippen LogP contribution in [0.25, 0.3) is 67.8 Å². The van der Waals surface area contributed by atoms with Gasteiger partial charge in [-0.1, -0.05) is 146 Å². The molecule has 0 bridgehead atoms. The molecule has 0 unspecified atom stereocenters. The molecule has 4 N–H and O–H groups in total. The van der Waals surface area contributed by atoms with Crippen LogP contribution in [-0.4, -0.2) is 30.1 Å². The summed E-state index contributed by atoms with van der Waals surface area (Å²) in [5.74, 6) is 1.74. The first-order valence-electron chi connectivity index (χ1n) is 15.6. The molecule has 8 rings (SSSR count). The van der Waals surface area contributed by atoms with Gasteiger partial charge in [0, 0.05) is 39.3 Å². The van der Waals surface area contributed by atoms with Crippen LogP contribution >= 0.6 is 0 Å².